The third-order valence-corrected chi connectivity index (χ3v) is 5.15. The van der Waals surface area contributed by atoms with E-state index in [9.17, 15) is 19.2 Å². The van der Waals surface area contributed by atoms with Gasteiger partial charge < -0.3 is 24.5 Å². The normalized spacial score (nSPS) is 11.0. The number of benzene rings is 2. The monoisotopic (exact) mass is 489 g/mol. The van der Waals surface area contributed by atoms with Crippen molar-refractivity contribution < 1.29 is 43.7 Å². The molecule has 0 bridgehead atoms. The zero-order valence-corrected chi connectivity index (χ0v) is 19.3. The van der Waals surface area contributed by atoms with Crippen molar-refractivity contribution in [3.05, 3.63) is 59.2 Å². The molecule has 0 amide bonds. The van der Waals surface area contributed by atoms with Crippen LogP contribution < -0.4 is 0 Å². The van der Waals surface area contributed by atoms with Gasteiger partial charge in [-0.2, -0.15) is 0 Å². The van der Waals surface area contributed by atoms with Crippen molar-refractivity contribution in [2.75, 3.05) is 26.4 Å². The molecule has 0 radical (unpaired) electrons. The molecule has 34 heavy (non-hydrogen) atoms. The van der Waals surface area contributed by atoms with Crippen molar-refractivity contribution in [3.63, 3.8) is 0 Å². The first-order valence-electron chi connectivity index (χ1n) is 10.0. The lowest BCUT2D eigenvalue weighted by molar-refractivity contribution is -0.140. The van der Waals surface area contributed by atoms with E-state index in [1.54, 1.807) is 30.3 Å². The van der Waals surface area contributed by atoms with E-state index in [1.165, 1.54) is 37.7 Å². The summed E-state index contributed by atoms with van der Waals surface area (Å²) in [5, 5.41) is 21.2. The van der Waals surface area contributed by atoms with Crippen LogP contribution in [0, 0.1) is 0 Å². The van der Waals surface area contributed by atoms with Crippen molar-refractivity contribution in [3.8, 4) is 0 Å². The van der Waals surface area contributed by atoms with E-state index >= 15 is 0 Å². The molecule has 2 aromatic rings. The zero-order valence-electron chi connectivity index (χ0n) is 18.5. The fraction of sp³-hybridized carbons (Fsp3) is 0.261. The van der Waals surface area contributed by atoms with E-state index in [-0.39, 0.29) is 43.3 Å². The number of aliphatic hydroxyl groups excluding tert-OH is 2. The number of ketones is 1. The predicted octanol–water partition coefficient (Wildman–Crippen LogP) is 2.26. The topological polar surface area (TPSA) is 149 Å². The van der Waals surface area contributed by atoms with Crippen LogP contribution in [0.2, 0.25) is 0 Å². The van der Waals surface area contributed by atoms with Crippen LogP contribution in [0.3, 0.4) is 0 Å². The molecule has 2 rings (SSSR count). The number of nitrogens with zero attached hydrogens (tertiary/aromatic N) is 1. The fourth-order valence-corrected chi connectivity index (χ4v) is 3.44. The summed E-state index contributed by atoms with van der Waals surface area (Å²) in [6.45, 7) is 1.50. The van der Waals surface area contributed by atoms with E-state index in [1.807, 2.05) is 0 Å². The average molecular weight is 490 g/mol. The lowest BCUT2D eigenvalue weighted by atomic mass is 10.1. The standard InChI is InChI=1S/C23H23NO9S/c1-14(24-33-15(2)27)21(28)16-3-6-18(7-4-16)34-20-8-5-17(22(29)31-11-9-25)13-19(20)23(30)32-12-10-26/h3-8,13,25-26H,9-12H2,1-2H3. The van der Waals surface area contributed by atoms with E-state index in [0.29, 0.717) is 15.4 Å². The third kappa shape index (κ3) is 7.80. The van der Waals surface area contributed by atoms with Gasteiger partial charge in [-0.3, -0.25) is 4.79 Å². The van der Waals surface area contributed by atoms with Crippen molar-refractivity contribution in [1.29, 1.82) is 0 Å². The Morgan fingerprint density at radius 2 is 1.44 bits per heavy atom. The molecular weight excluding hydrogens is 466 g/mol. The lowest BCUT2D eigenvalue weighted by Gasteiger charge is -2.11. The number of ether oxygens (including phenoxy) is 2. The van der Waals surface area contributed by atoms with Gasteiger partial charge in [-0.15, -0.1) is 0 Å². The van der Waals surface area contributed by atoms with Gasteiger partial charge in [0.05, 0.1) is 24.3 Å². The number of rotatable bonds is 11. The Morgan fingerprint density at radius 1 is 0.853 bits per heavy atom. The summed E-state index contributed by atoms with van der Waals surface area (Å²) in [7, 11) is 0. The second-order valence-electron chi connectivity index (χ2n) is 6.65. The smallest absolute Gasteiger partial charge is 0.339 e. The highest BCUT2D eigenvalue weighted by Crippen LogP contribution is 2.32. The van der Waals surface area contributed by atoms with E-state index < -0.39 is 23.7 Å². The highest BCUT2D eigenvalue weighted by Gasteiger charge is 2.19. The van der Waals surface area contributed by atoms with Gasteiger partial charge in [-0.1, -0.05) is 16.9 Å². The van der Waals surface area contributed by atoms with E-state index in [4.69, 9.17) is 19.7 Å². The maximum atomic E-state index is 12.5. The first-order valence-corrected chi connectivity index (χ1v) is 10.8. The van der Waals surface area contributed by atoms with Crippen LogP contribution >= 0.6 is 11.8 Å². The summed E-state index contributed by atoms with van der Waals surface area (Å²) in [6.07, 6.45) is 0. The number of carbonyl (C=O) groups excluding carboxylic acids is 4. The molecule has 2 N–H and O–H groups in total. The SMILES string of the molecule is CC(=O)ON=C(C)C(=O)c1ccc(Sc2ccc(C(=O)OCCO)cc2C(=O)OCCO)cc1. The van der Waals surface area contributed by atoms with Gasteiger partial charge in [-0.05, 0) is 49.4 Å². The molecule has 0 aliphatic carbocycles. The molecule has 2 aromatic carbocycles. The van der Waals surface area contributed by atoms with Crippen LogP contribution in [0.15, 0.2) is 57.4 Å². The number of oxime groups is 1. The number of hydrogen-bond acceptors (Lipinski definition) is 11. The van der Waals surface area contributed by atoms with Gasteiger partial charge >= 0.3 is 17.9 Å². The second-order valence-corrected chi connectivity index (χ2v) is 7.76. The summed E-state index contributed by atoms with van der Waals surface area (Å²) in [4.78, 5) is 53.4. The quantitative estimate of drug-likeness (QED) is 0.158. The van der Waals surface area contributed by atoms with Crippen LogP contribution in [-0.4, -0.2) is 66.0 Å². The Balaban J connectivity index is 2.26. The summed E-state index contributed by atoms with van der Waals surface area (Å²) in [5.41, 5.74) is 0.508. The Morgan fingerprint density at radius 3 is 2.03 bits per heavy atom. The molecule has 0 aliphatic heterocycles. The number of hydrogen-bond donors (Lipinski definition) is 2. The minimum Gasteiger partial charge on any atom is -0.460 e. The van der Waals surface area contributed by atoms with Crippen molar-refractivity contribution >= 4 is 41.2 Å². The van der Waals surface area contributed by atoms with E-state index in [0.717, 1.165) is 0 Å². The van der Waals surface area contributed by atoms with Crippen molar-refractivity contribution in [2.45, 2.75) is 23.6 Å². The van der Waals surface area contributed by atoms with Gasteiger partial charge in [-0.25, -0.2) is 14.4 Å². The predicted molar refractivity (Wildman–Crippen MR) is 121 cm³/mol. The van der Waals surface area contributed by atoms with Crippen LogP contribution in [-0.2, 0) is 19.1 Å². The van der Waals surface area contributed by atoms with Gasteiger partial charge in [0, 0.05) is 22.3 Å². The molecule has 0 fully saturated rings. The first-order chi connectivity index (χ1) is 16.3. The van der Waals surface area contributed by atoms with Crippen LogP contribution in [0.4, 0.5) is 0 Å². The molecule has 180 valence electrons. The summed E-state index contributed by atoms with van der Waals surface area (Å²) >= 11 is 1.19. The molecule has 0 spiro atoms. The number of esters is 2. The Bertz CT molecular complexity index is 1080. The van der Waals surface area contributed by atoms with Gasteiger partial charge in [0.2, 0.25) is 5.78 Å². The van der Waals surface area contributed by atoms with Crippen LogP contribution in [0.1, 0.15) is 44.9 Å². The molecular formula is C23H23NO9S. The van der Waals surface area contributed by atoms with Crippen LogP contribution in [0.25, 0.3) is 0 Å². The first kappa shape index (κ1) is 26.7. The molecule has 0 aliphatic rings. The summed E-state index contributed by atoms with van der Waals surface area (Å²) in [6, 6.07) is 10.8. The molecule has 0 heterocycles. The minimum absolute atomic E-state index is 0.00758. The molecule has 11 heteroatoms. The van der Waals surface area contributed by atoms with Gasteiger partial charge in [0.25, 0.3) is 0 Å². The largest absolute Gasteiger partial charge is 0.460 e. The van der Waals surface area contributed by atoms with Crippen LogP contribution in [0.5, 0.6) is 0 Å². The lowest BCUT2D eigenvalue weighted by Crippen LogP contribution is -2.13. The van der Waals surface area contributed by atoms with E-state index in [2.05, 4.69) is 9.99 Å². The molecule has 10 nitrogen and oxygen atoms in total. The Hall–Kier alpha value is -3.54. The molecule has 0 saturated carbocycles. The second kappa shape index (κ2) is 13.2. The fourth-order valence-electron chi connectivity index (χ4n) is 2.53. The number of carbonyl (C=O) groups is 4. The average Bonchev–Trinajstić information content (AvgIpc) is 2.84. The molecule has 0 saturated heterocycles. The zero-order chi connectivity index (χ0) is 25.1. The third-order valence-electron chi connectivity index (χ3n) is 4.07. The maximum Gasteiger partial charge on any atom is 0.339 e. The Kier molecular flexibility index (Phi) is 10.4. The molecule has 0 atom stereocenters. The number of Topliss-reactive ketones (excluding diaryl/α,β-unsaturated/α-hetero) is 1. The number of aliphatic hydroxyl groups is 2. The highest BCUT2D eigenvalue weighted by atomic mass is 32.2. The highest BCUT2D eigenvalue weighted by molar-refractivity contribution is 7.99. The summed E-state index contributed by atoms with van der Waals surface area (Å²) < 4.78 is 9.88. The Labute approximate surface area is 199 Å². The minimum atomic E-state index is -0.738. The van der Waals surface area contributed by atoms with Crippen molar-refractivity contribution in [2.24, 2.45) is 5.16 Å². The summed E-state index contributed by atoms with van der Waals surface area (Å²) in [5.74, 6) is -2.51. The molecule has 0 unspecified atom stereocenters. The molecule has 0 aromatic heterocycles. The van der Waals surface area contributed by atoms with Gasteiger partial charge in [0.1, 0.15) is 18.9 Å². The van der Waals surface area contributed by atoms with Gasteiger partial charge in [0.15, 0.2) is 0 Å². The van der Waals surface area contributed by atoms with Crippen molar-refractivity contribution in [1.82, 2.24) is 0 Å². The maximum absolute atomic E-state index is 12.5.